The van der Waals surface area contributed by atoms with E-state index in [-0.39, 0.29) is 12.5 Å². The molecule has 0 heterocycles. The SMILES string of the molecule is CC(C)Cc1cc(OCC(=O)N(C)C)cc(C(C)C)c1. The Hall–Kier alpha value is -1.51. The van der Waals surface area contributed by atoms with E-state index >= 15 is 0 Å². The van der Waals surface area contributed by atoms with Gasteiger partial charge >= 0.3 is 0 Å². The molecule has 0 spiro atoms. The van der Waals surface area contributed by atoms with Crippen LogP contribution in [0.2, 0.25) is 0 Å². The average Bonchev–Trinajstić information content (AvgIpc) is 2.34. The number of carbonyl (C=O) groups excluding carboxylic acids is 1. The molecule has 0 aromatic heterocycles. The van der Waals surface area contributed by atoms with Gasteiger partial charge in [0.15, 0.2) is 6.61 Å². The van der Waals surface area contributed by atoms with Crippen LogP contribution in [-0.4, -0.2) is 31.5 Å². The molecule has 0 aliphatic carbocycles. The van der Waals surface area contributed by atoms with Crippen molar-refractivity contribution in [2.45, 2.75) is 40.0 Å². The van der Waals surface area contributed by atoms with Crippen molar-refractivity contribution in [1.82, 2.24) is 4.90 Å². The van der Waals surface area contributed by atoms with Gasteiger partial charge in [-0.3, -0.25) is 4.79 Å². The lowest BCUT2D eigenvalue weighted by molar-refractivity contribution is -0.130. The number of benzene rings is 1. The van der Waals surface area contributed by atoms with Crippen molar-refractivity contribution in [3.8, 4) is 5.75 Å². The topological polar surface area (TPSA) is 29.5 Å². The lowest BCUT2D eigenvalue weighted by Crippen LogP contribution is -2.27. The van der Waals surface area contributed by atoms with E-state index in [4.69, 9.17) is 4.74 Å². The first-order valence-electron chi connectivity index (χ1n) is 7.26. The van der Waals surface area contributed by atoms with Crippen molar-refractivity contribution >= 4 is 5.91 Å². The van der Waals surface area contributed by atoms with E-state index in [9.17, 15) is 4.79 Å². The molecular weight excluding hydrogens is 250 g/mol. The van der Waals surface area contributed by atoms with Crippen LogP contribution in [0.25, 0.3) is 0 Å². The van der Waals surface area contributed by atoms with E-state index in [1.807, 2.05) is 6.07 Å². The minimum absolute atomic E-state index is 0.0228. The molecule has 20 heavy (non-hydrogen) atoms. The summed E-state index contributed by atoms with van der Waals surface area (Å²) in [6.45, 7) is 8.85. The lowest BCUT2D eigenvalue weighted by atomic mass is 9.96. The van der Waals surface area contributed by atoms with Crippen molar-refractivity contribution in [2.24, 2.45) is 5.92 Å². The highest BCUT2D eigenvalue weighted by molar-refractivity contribution is 5.77. The molecule has 3 nitrogen and oxygen atoms in total. The molecular formula is C17H27NO2. The van der Waals surface area contributed by atoms with E-state index in [1.54, 1.807) is 19.0 Å². The van der Waals surface area contributed by atoms with Gasteiger partial charge in [-0.1, -0.05) is 33.8 Å². The predicted octanol–water partition coefficient (Wildman–Crippen LogP) is 3.48. The summed E-state index contributed by atoms with van der Waals surface area (Å²) in [4.78, 5) is 13.1. The molecule has 1 aromatic rings. The Labute approximate surface area is 122 Å². The van der Waals surface area contributed by atoms with E-state index in [2.05, 4.69) is 39.8 Å². The maximum Gasteiger partial charge on any atom is 0.259 e. The second kappa shape index (κ2) is 7.32. The van der Waals surface area contributed by atoms with Crippen molar-refractivity contribution in [3.63, 3.8) is 0 Å². The minimum Gasteiger partial charge on any atom is -0.484 e. The zero-order chi connectivity index (χ0) is 15.3. The summed E-state index contributed by atoms with van der Waals surface area (Å²) < 4.78 is 5.65. The highest BCUT2D eigenvalue weighted by Crippen LogP contribution is 2.24. The predicted molar refractivity (Wildman–Crippen MR) is 83.3 cm³/mol. The Balaban J connectivity index is 2.88. The average molecular weight is 277 g/mol. The third-order valence-corrected chi connectivity index (χ3v) is 3.16. The Kier molecular flexibility index (Phi) is 6.05. The number of nitrogens with zero attached hydrogens (tertiary/aromatic N) is 1. The Morgan fingerprint density at radius 1 is 1.15 bits per heavy atom. The van der Waals surface area contributed by atoms with Crippen LogP contribution < -0.4 is 4.74 Å². The van der Waals surface area contributed by atoms with Gasteiger partial charge in [-0.25, -0.2) is 0 Å². The molecule has 0 aliphatic rings. The van der Waals surface area contributed by atoms with Gasteiger partial charge in [0.25, 0.3) is 5.91 Å². The smallest absolute Gasteiger partial charge is 0.259 e. The van der Waals surface area contributed by atoms with Crippen LogP contribution >= 0.6 is 0 Å². The zero-order valence-electron chi connectivity index (χ0n) is 13.6. The molecule has 0 radical (unpaired) electrons. The van der Waals surface area contributed by atoms with Gasteiger partial charge in [0.1, 0.15) is 5.75 Å². The molecule has 1 rings (SSSR count). The van der Waals surface area contributed by atoms with Crippen LogP contribution in [0.5, 0.6) is 5.75 Å². The maximum atomic E-state index is 11.6. The molecule has 0 atom stereocenters. The van der Waals surface area contributed by atoms with Crippen LogP contribution in [0.1, 0.15) is 44.7 Å². The second-order valence-electron chi connectivity index (χ2n) is 6.24. The monoisotopic (exact) mass is 277 g/mol. The Morgan fingerprint density at radius 3 is 2.30 bits per heavy atom. The molecule has 0 aliphatic heterocycles. The van der Waals surface area contributed by atoms with Crippen LogP contribution in [0.3, 0.4) is 0 Å². The molecule has 112 valence electrons. The number of hydrogen-bond donors (Lipinski definition) is 0. The third kappa shape index (κ3) is 5.24. The molecule has 0 saturated heterocycles. The summed E-state index contributed by atoms with van der Waals surface area (Å²) in [6, 6.07) is 6.33. The summed E-state index contributed by atoms with van der Waals surface area (Å²) >= 11 is 0. The van der Waals surface area contributed by atoms with E-state index < -0.39 is 0 Å². The summed E-state index contributed by atoms with van der Waals surface area (Å²) in [5.74, 6) is 1.83. The third-order valence-electron chi connectivity index (χ3n) is 3.16. The molecule has 0 saturated carbocycles. The van der Waals surface area contributed by atoms with Gasteiger partial charge in [0.2, 0.25) is 0 Å². The fourth-order valence-corrected chi connectivity index (χ4v) is 1.97. The molecule has 1 aromatic carbocycles. The molecule has 0 unspecified atom stereocenters. The summed E-state index contributed by atoms with van der Waals surface area (Å²) in [6.07, 6.45) is 1.03. The lowest BCUT2D eigenvalue weighted by Gasteiger charge is -2.15. The first kappa shape index (κ1) is 16.5. The van der Waals surface area contributed by atoms with E-state index in [0.29, 0.717) is 11.8 Å². The number of rotatable bonds is 6. The number of ether oxygens (including phenoxy) is 1. The summed E-state index contributed by atoms with van der Waals surface area (Å²) in [7, 11) is 3.47. The van der Waals surface area contributed by atoms with Crippen molar-refractivity contribution in [3.05, 3.63) is 29.3 Å². The van der Waals surface area contributed by atoms with Gasteiger partial charge in [-0.15, -0.1) is 0 Å². The number of likely N-dealkylation sites (N-methyl/N-ethyl adjacent to an activating group) is 1. The molecule has 1 amide bonds. The molecule has 0 N–H and O–H groups in total. The number of hydrogen-bond acceptors (Lipinski definition) is 2. The zero-order valence-corrected chi connectivity index (χ0v) is 13.6. The fourth-order valence-electron chi connectivity index (χ4n) is 1.97. The fraction of sp³-hybridized carbons (Fsp3) is 0.588. The van der Waals surface area contributed by atoms with Crippen LogP contribution in [0.4, 0.5) is 0 Å². The van der Waals surface area contributed by atoms with Crippen molar-refractivity contribution in [2.75, 3.05) is 20.7 Å². The molecule has 0 fully saturated rings. The summed E-state index contributed by atoms with van der Waals surface area (Å²) in [5.41, 5.74) is 2.54. The second-order valence-corrected chi connectivity index (χ2v) is 6.24. The van der Waals surface area contributed by atoms with Gasteiger partial charge in [0.05, 0.1) is 0 Å². The van der Waals surface area contributed by atoms with Crippen molar-refractivity contribution in [1.29, 1.82) is 0 Å². The normalized spacial score (nSPS) is 11.0. The first-order chi connectivity index (χ1) is 9.29. The molecule has 3 heteroatoms. The maximum absolute atomic E-state index is 11.6. The van der Waals surface area contributed by atoms with Crippen LogP contribution in [0.15, 0.2) is 18.2 Å². The Morgan fingerprint density at radius 2 is 1.80 bits per heavy atom. The largest absolute Gasteiger partial charge is 0.484 e. The van der Waals surface area contributed by atoms with E-state index in [0.717, 1.165) is 12.2 Å². The number of carbonyl (C=O) groups is 1. The van der Waals surface area contributed by atoms with Gasteiger partial charge < -0.3 is 9.64 Å². The Bertz CT molecular complexity index is 450. The van der Waals surface area contributed by atoms with E-state index in [1.165, 1.54) is 11.1 Å². The highest BCUT2D eigenvalue weighted by atomic mass is 16.5. The number of amides is 1. The van der Waals surface area contributed by atoms with Crippen LogP contribution in [0, 0.1) is 5.92 Å². The minimum atomic E-state index is -0.0228. The van der Waals surface area contributed by atoms with Crippen LogP contribution in [-0.2, 0) is 11.2 Å². The van der Waals surface area contributed by atoms with Gasteiger partial charge in [-0.2, -0.15) is 0 Å². The van der Waals surface area contributed by atoms with Gasteiger partial charge in [0, 0.05) is 14.1 Å². The quantitative estimate of drug-likeness (QED) is 0.796. The highest BCUT2D eigenvalue weighted by Gasteiger charge is 2.09. The van der Waals surface area contributed by atoms with Gasteiger partial charge in [-0.05, 0) is 41.5 Å². The summed E-state index contributed by atoms with van der Waals surface area (Å²) in [5, 5.41) is 0. The van der Waals surface area contributed by atoms with Crippen molar-refractivity contribution < 1.29 is 9.53 Å². The molecule has 0 bridgehead atoms. The first-order valence-corrected chi connectivity index (χ1v) is 7.26. The standard InChI is InChI=1S/C17H27NO2/c1-12(2)7-14-8-15(13(3)4)10-16(9-14)20-11-17(19)18(5)6/h8-10,12-13H,7,11H2,1-6H3.